The standard InChI is InChI=1S/C18H12BrNO/c19-16-6-3-5-13(10-16)18(21)9-8-15-12-20-11-14-4-1-2-7-17(14)15/h1-12H/b9-8+. The second-order valence-corrected chi connectivity index (χ2v) is 5.57. The number of hydrogen-bond acceptors (Lipinski definition) is 2. The minimum Gasteiger partial charge on any atom is -0.289 e. The number of allylic oxidation sites excluding steroid dienone is 1. The molecule has 0 bridgehead atoms. The highest BCUT2D eigenvalue weighted by Gasteiger charge is 2.03. The first-order valence-electron chi connectivity index (χ1n) is 6.55. The molecule has 3 aromatic rings. The lowest BCUT2D eigenvalue weighted by atomic mass is 10.1. The molecule has 0 spiro atoms. The van der Waals surface area contributed by atoms with E-state index in [1.165, 1.54) is 0 Å². The van der Waals surface area contributed by atoms with Gasteiger partial charge in [0.05, 0.1) is 0 Å². The molecular formula is C18H12BrNO. The minimum absolute atomic E-state index is 0.0239. The van der Waals surface area contributed by atoms with Crippen LogP contribution in [0, 0.1) is 0 Å². The van der Waals surface area contributed by atoms with Gasteiger partial charge < -0.3 is 0 Å². The average molecular weight is 338 g/mol. The van der Waals surface area contributed by atoms with Crippen molar-refractivity contribution in [2.75, 3.05) is 0 Å². The lowest BCUT2D eigenvalue weighted by Crippen LogP contribution is -1.93. The molecule has 0 N–H and O–H groups in total. The van der Waals surface area contributed by atoms with Crippen molar-refractivity contribution in [3.8, 4) is 0 Å². The molecule has 0 saturated carbocycles. The lowest BCUT2D eigenvalue weighted by molar-refractivity contribution is 0.104. The summed E-state index contributed by atoms with van der Waals surface area (Å²) < 4.78 is 0.897. The van der Waals surface area contributed by atoms with Gasteiger partial charge in [0.2, 0.25) is 0 Å². The first-order valence-corrected chi connectivity index (χ1v) is 7.34. The van der Waals surface area contributed by atoms with Crippen molar-refractivity contribution in [1.82, 2.24) is 4.98 Å². The minimum atomic E-state index is -0.0239. The number of halogens is 1. The maximum atomic E-state index is 12.2. The summed E-state index contributed by atoms with van der Waals surface area (Å²) in [5.74, 6) is -0.0239. The fraction of sp³-hybridized carbons (Fsp3) is 0. The Labute approximate surface area is 131 Å². The monoisotopic (exact) mass is 337 g/mol. The van der Waals surface area contributed by atoms with Gasteiger partial charge in [-0.15, -0.1) is 0 Å². The van der Waals surface area contributed by atoms with Gasteiger partial charge in [0.25, 0.3) is 0 Å². The molecule has 3 rings (SSSR count). The quantitative estimate of drug-likeness (QED) is 0.503. The largest absolute Gasteiger partial charge is 0.289 e. The van der Waals surface area contributed by atoms with Crippen molar-refractivity contribution in [2.24, 2.45) is 0 Å². The van der Waals surface area contributed by atoms with E-state index >= 15 is 0 Å². The fourth-order valence-electron chi connectivity index (χ4n) is 2.18. The number of carbonyl (C=O) groups excluding carboxylic acids is 1. The molecule has 0 saturated heterocycles. The van der Waals surface area contributed by atoms with E-state index in [1.807, 2.05) is 54.7 Å². The summed E-state index contributed by atoms with van der Waals surface area (Å²) in [4.78, 5) is 16.4. The van der Waals surface area contributed by atoms with Gasteiger partial charge in [0, 0.05) is 33.4 Å². The Kier molecular flexibility index (Phi) is 3.93. The smallest absolute Gasteiger partial charge is 0.185 e. The topological polar surface area (TPSA) is 30.0 Å². The molecule has 2 aromatic carbocycles. The second-order valence-electron chi connectivity index (χ2n) is 4.66. The van der Waals surface area contributed by atoms with Crippen LogP contribution in [0.15, 0.2) is 71.5 Å². The molecule has 21 heavy (non-hydrogen) atoms. The Bertz CT molecular complexity index is 834. The molecule has 0 aliphatic carbocycles. The Morgan fingerprint density at radius 1 is 1.05 bits per heavy atom. The Morgan fingerprint density at radius 3 is 2.76 bits per heavy atom. The number of hydrogen-bond donors (Lipinski definition) is 0. The lowest BCUT2D eigenvalue weighted by Gasteiger charge is -2.01. The zero-order valence-electron chi connectivity index (χ0n) is 11.2. The van der Waals surface area contributed by atoms with E-state index in [4.69, 9.17) is 0 Å². The first-order chi connectivity index (χ1) is 10.2. The van der Waals surface area contributed by atoms with E-state index in [0.29, 0.717) is 5.56 Å². The summed E-state index contributed by atoms with van der Waals surface area (Å²) in [7, 11) is 0. The molecular weight excluding hydrogens is 326 g/mol. The van der Waals surface area contributed by atoms with Crippen LogP contribution in [0.3, 0.4) is 0 Å². The van der Waals surface area contributed by atoms with E-state index in [1.54, 1.807) is 18.3 Å². The van der Waals surface area contributed by atoms with Crippen LogP contribution in [0.5, 0.6) is 0 Å². The van der Waals surface area contributed by atoms with E-state index < -0.39 is 0 Å². The van der Waals surface area contributed by atoms with Gasteiger partial charge in [-0.2, -0.15) is 0 Å². The van der Waals surface area contributed by atoms with Crippen molar-refractivity contribution in [3.05, 3.63) is 82.6 Å². The van der Waals surface area contributed by atoms with Crippen molar-refractivity contribution < 1.29 is 4.79 Å². The van der Waals surface area contributed by atoms with Crippen LogP contribution >= 0.6 is 15.9 Å². The summed E-state index contributed by atoms with van der Waals surface area (Å²) in [6.07, 6.45) is 7.00. The summed E-state index contributed by atoms with van der Waals surface area (Å²) in [6, 6.07) is 15.4. The van der Waals surface area contributed by atoms with Gasteiger partial charge in [-0.3, -0.25) is 9.78 Å². The number of benzene rings is 2. The fourth-order valence-corrected chi connectivity index (χ4v) is 2.58. The molecule has 0 amide bonds. The van der Waals surface area contributed by atoms with Crippen molar-refractivity contribution >= 4 is 38.6 Å². The third-order valence-corrected chi connectivity index (χ3v) is 3.72. The van der Waals surface area contributed by atoms with Crippen LogP contribution in [0.25, 0.3) is 16.8 Å². The number of nitrogens with zero attached hydrogens (tertiary/aromatic N) is 1. The molecule has 0 unspecified atom stereocenters. The van der Waals surface area contributed by atoms with Crippen molar-refractivity contribution in [1.29, 1.82) is 0 Å². The van der Waals surface area contributed by atoms with E-state index in [2.05, 4.69) is 20.9 Å². The Balaban J connectivity index is 1.93. The molecule has 0 atom stereocenters. The summed E-state index contributed by atoms with van der Waals surface area (Å²) in [6.45, 7) is 0. The van der Waals surface area contributed by atoms with Crippen LogP contribution in [-0.2, 0) is 0 Å². The molecule has 1 heterocycles. The van der Waals surface area contributed by atoms with Crippen molar-refractivity contribution in [2.45, 2.75) is 0 Å². The van der Waals surface area contributed by atoms with Crippen molar-refractivity contribution in [3.63, 3.8) is 0 Å². The highest BCUT2D eigenvalue weighted by molar-refractivity contribution is 9.10. The first kappa shape index (κ1) is 13.7. The van der Waals surface area contributed by atoms with E-state index in [-0.39, 0.29) is 5.78 Å². The maximum Gasteiger partial charge on any atom is 0.185 e. The molecule has 1 aromatic heterocycles. The highest BCUT2D eigenvalue weighted by Crippen LogP contribution is 2.19. The number of ketones is 1. The zero-order valence-corrected chi connectivity index (χ0v) is 12.7. The van der Waals surface area contributed by atoms with Crippen LogP contribution in [0.4, 0.5) is 0 Å². The number of aromatic nitrogens is 1. The Hall–Kier alpha value is -2.26. The SMILES string of the molecule is O=C(/C=C/c1cncc2ccccc12)c1cccc(Br)c1. The molecule has 2 nitrogen and oxygen atoms in total. The number of carbonyl (C=O) groups is 1. The molecule has 0 fully saturated rings. The predicted octanol–water partition coefficient (Wildman–Crippen LogP) is 4.89. The number of rotatable bonds is 3. The average Bonchev–Trinajstić information content (AvgIpc) is 2.52. The van der Waals surface area contributed by atoms with Crippen LogP contribution in [-0.4, -0.2) is 10.8 Å². The number of fused-ring (bicyclic) bond motifs is 1. The second kappa shape index (κ2) is 6.02. The summed E-state index contributed by atoms with van der Waals surface area (Å²) >= 11 is 3.37. The molecule has 0 radical (unpaired) electrons. The van der Waals surface area contributed by atoms with Gasteiger partial charge in [-0.25, -0.2) is 0 Å². The highest BCUT2D eigenvalue weighted by atomic mass is 79.9. The molecule has 3 heteroatoms. The summed E-state index contributed by atoms with van der Waals surface area (Å²) in [5, 5.41) is 2.15. The van der Waals surface area contributed by atoms with Gasteiger partial charge in [0.15, 0.2) is 5.78 Å². The Morgan fingerprint density at radius 2 is 1.90 bits per heavy atom. The van der Waals surface area contributed by atoms with Crippen LogP contribution < -0.4 is 0 Å². The van der Waals surface area contributed by atoms with Crippen LogP contribution in [0.1, 0.15) is 15.9 Å². The third kappa shape index (κ3) is 3.09. The normalized spacial score (nSPS) is 11.1. The number of pyridine rings is 1. The zero-order chi connectivity index (χ0) is 14.7. The van der Waals surface area contributed by atoms with Gasteiger partial charge >= 0.3 is 0 Å². The molecule has 0 aliphatic heterocycles. The maximum absolute atomic E-state index is 12.2. The van der Waals surface area contributed by atoms with Gasteiger partial charge in [-0.05, 0) is 29.7 Å². The van der Waals surface area contributed by atoms with E-state index in [0.717, 1.165) is 20.8 Å². The molecule has 0 aliphatic rings. The van der Waals surface area contributed by atoms with Crippen LogP contribution in [0.2, 0.25) is 0 Å². The predicted molar refractivity (Wildman–Crippen MR) is 89.2 cm³/mol. The van der Waals surface area contributed by atoms with Gasteiger partial charge in [0.1, 0.15) is 0 Å². The van der Waals surface area contributed by atoms with Gasteiger partial charge in [-0.1, -0.05) is 52.3 Å². The van der Waals surface area contributed by atoms with E-state index in [9.17, 15) is 4.79 Å². The summed E-state index contributed by atoms with van der Waals surface area (Å²) in [5.41, 5.74) is 1.60. The third-order valence-electron chi connectivity index (χ3n) is 3.22. The molecule has 102 valence electrons.